The number of nitrogens with zero attached hydrogens (tertiary/aromatic N) is 3. The molecule has 3 rings (SSSR count). The Hall–Kier alpha value is -1.82. The molecule has 150 valence electrons. The van der Waals surface area contributed by atoms with Crippen molar-refractivity contribution >= 4 is 24.7 Å². The number of nitrogens with one attached hydrogen (secondary N) is 2. The first-order valence-electron chi connectivity index (χ1n) is 8.53. The van der Waals surface area contributed by atoms with Gasteiger partial charge in [0.15, 0.2) is 17.0 Å². The normalized spacial score (nSPS) is 20.0. The van der Waals surface area contributed by atoms with Crippen molar-refractivity contribution in [2.24, 2.45) is 0 Å². The predicted molar refractivity (Wildman–Crippen MR) is 96.3 cm³/mol. The van der Waals surface area contributed by atoms with Crippen LogP contribution in [0.15, 0.2) is 11.1 Å². The molecule has 27 heavy (non-hydrogen) atoms. The molecule has 0 spiro atoms. The van der Waals surface area contributed by atoms with Crippen LogP contribution in [0.1, 0.15) is 6.92 Å². The number of imidazole rings is 1. The number of H-pyrrole nitrogens is 1. The van der Waals surface area contributed by atoms with Gasteiger partial charge in [-0.25, -0.2) is 4.98 Å². The van der Waals surface area contributed by atoms with Gasteiger partial charge in [-0.15, -0.1) is 0 Å². The van der Waals surface area contributed by atoms with Crippen molar-refractivity contribution < 1.29 is 23.1 Å². The molecule has 1 aliphatic heterocycles. The Morgan fingerprint density at radius 1 is 1.44 bits per heavy atom. The molecule has 0 amide bonds. The van der Waals surface area contributed by atoms with E-state index in [2.05, 4.69) is 20.3 Å². The van der Waals surface area contributed by atoms with Crippen LogP contribution < -0.4 is 16.6 Å². The molecule has 0 aliphatic carbocycles. The molecule has 0 aromatic carbocycles. The first kappa shape index (κ1) is 19.9. The number of nitrogens with two attached hydrogens (primary N) is 1. The van der Waals surface area contributed by atoms with E-state index in [-0.39, 0.29) is 38.0 Å². The topological polar surface area (TPSA) is 156 Å². The van der Waals surface area contributed by atoms with E-state index in [9.17, 15) is 9.36 Å². The van der Waals surface area contributed by atoms with E-state index < -0.39 is 19.0 Å². The summed E-state index contributed by atoms with van der Waals surface area (Å²) in [6.07, 6.45) is 1.43. The summed E-state index contributed by atoms with van der Waals surface area (Å²) in [5.74, 6) is -0.640. The lowest BCUT2D eigenvalue weighted by Crippen LogP contribution is -2.39. The average Bonchev–Trinajstić information content (AvgIpc) is 3.05. The Balaban J connectivity index is 1.52. The number of ether oxygens (including phenoxy) is 2. The van der Waals surface area contributed by atoms with Gasteiger partial charge in [0.25, 0.3) is 5.56 Å². The number of anilines is 1. The molecule has 3 heterocycles. The smallest absolute Gasteiger partial charge is 0.360 e. The Bertz CT molecular complexity index is 863. The van der Waals surface area contributed by atoms with E-state index >= 15 is 0 Å². The third-order valence-electron chi connectivity index (χ3n) is 3.79. The summed E-state index contributed by atoms with van der Waals surface area (Å²) in [5, 5.41) is 3.10. The maximum absolute atomic E-state index is 12.9. The zero-order chi connectivity index (χ0) is 19.3. The highest BCUT2D eigenvalue weighted by Crippen LogP contribution is 2.53. The van der Waals surface area contributed by atoms with E-state index in [1.165, 1.54) is 10.9 Å². The molecular weight excluding hydrogens is 379 g/mol. The molecule has 0 saturated carbocycles. The minimum atomic E-state index is -3.41. The number of hydrogen-bond acceptors (Lipinski definition) is 10. The molecule has 13 heteroatoms. The van der Waals surface area contributed by atoms with Crippen LogP contribution in [-0.2, 0) is 29.8 Å². The standard InChI is InChI=1S/C14H23N6O6P/c1-2-25-27(22,10-7-16-3-4-24-10)26-6-5-23-9-20-8-17-11-12(20)18-14(15)19-13(11)21/h8,10,16H,2-7,9H2,1H3,(H3,15,18,19,21). The maximum atomic E-state index is 12.9. The van der Waals surface area contributed by atoms with Gasteiger partial charge >= 0.3 is 7.60 Å². The maximum Gasteiger partial charge on any atom is 0.360 e. The predicted octanol–water partition coefficient (Wildman–Crippen LogP) is -0.132. The van der Waals surface area contributed by atoms with Gasteiger partial charge in [-0.3, -0.25) is 18.9 Å². The quantitative estimate of drug-likeness (QED) is 0.381. The van der Waals surface area contributed by atoms with Gasteiger partial charge < -0.3 is 29.6 Å². The summed E-state index contributed by atoms with van der Waals surface area (Å²) in [7, 11) is -3.41. The van der Waals surface area contributed by atoms with Gasteiger partial charge in [0.2, 0.25) is 5.95 Å². The number of hydrogen-bond donors (Lipinski definition) is 3. The van der Waals surface area contributed by atoms with Crippen molar-refractivity contribution in [1.82, 2.24) is 24.8 Å². The highest BCUT2D eigenvalue weighted by Gasteiger charge is 2.37. The average molecular weight is 402 g/mol. The number of morpholine rings is 1. The van der Waals surface area contributed by atoms with Crippen LogP contribution in [0.25, 0.3) is 11.2 Å². The second-order valence-electron chi connectivity index (χ2n) is 5.70. The Morgan fingerprint density at radius 2 is 2.30 bits per heavy atom. The SMILES string of the molecule is CCOP(=O)(OCCOCn1cnc2c(=O)[nH]c(N)nc21)C1CNCCO1. The van der Waals surface area contributed by atoms with Gasteiger partial charge in [-0.05, 0) is 6.92 Å². The lowest BCUT2D eigenvalue weighted by Gasteiger charge is -2.29. The second-order valence-corrected chi connectivity index (χ2v) is 7.87. The molecule has 1 aliphatic rings. The van der Waals surface area contributed by atoms with Crippen molar-refractivity contribution in [3.8, 4) is 0 Å². The molecule has 0 bridgehead atoms. The number of aromatic nitrogens is 4. The molecular formula is C14H23N6O6P. The second kappa shape index (κ2) is 8.91. The highest BCUT2D eigenvalue weighted by molar-refractivity contribution is 7.54. The summed E-state index contributed by atoms with van der Waals surface area (Å²) >= 11 is 0. The fourth-order valence-electron chi connectivity index (χ4n) is 2.59. The molecule has 2 aromatic heterocycles. The van der Waals surface area contributed by atoms with Crippen molar-refractivity contribution in [2.75, 3.05) is 45.3 Å². The van der Waals surface area contributed by atoms with Crippen molar-refractivity contribution in [3.63, 3.8) is 0 Å². The fraction of sp³-hybridized carbons (Fsp3) is 0.643. The Morgan fingerprint density at radius 3 is 3.04 bits per heavy atom. The van der Waals surface area contributed by atoms with Gasteiger partial charge in [-0.2, -0.15) is 4.98 Å². The Labute approximate surface area is 154 Å². The first-order chi connectivity index (χ1) is 13.0. The lowest BCUT2D eigenvalue weighted by atomic mass is 10.5. The minimum absolute atomic E-state index is 0.00340. The summed E-state index contributed by atoms with van der Waals surface area (Å²) in [4.78, 5) is 22.1. The summed E-state index contributed by atoms with van der Waals surface area (Å²) in [6.45, 7) is 3.83. The van der Waals surface area contributed by atoms with Crippen LogP contribution in [-0.4, -0.2) is 64.9 Å². The molecule has 1 saturated heterocycles. The first-order valence-corrected chi connectivity index (χ1v) is 10.1. The molecule has 2 unspecified atom stereocenters. The van der Waals surface area contributed by atoms with Crippen molar-refractivity contribution in [3.05, 3.63) is 16.7 Å². The number of nitrogen functional groups attached to an aromatic ring is 1. The van der Waals surface area contributed by atoms with Crippen LogP contribution in [0.5, 0.6) is 0 Å². The molecule has 0 radical (unpaired) electrons. The fourth-order valence-corrected chi connectivity index (χ4v) is 4.33. The molecule has 12 nitrogen and oxygen atoms in total. The molecule has 2 aromatic rings. The molecule has 1 fully saturated rings. The third-order valence-corrected chi connectivity index (χ3v) is 5.99. The molecule has 4 N–H and O–H groups in total. The zero-order valence-electron chi connectivity index (χ0n) is 14.9. The largest absolute Gasteiger partial charge is 0.369 e. The van der Waals surface area contributed by atoms with Crippen LogP contribution in [0.4, 0.5) is 5.95 Å². The van der Waals surface area contributed by atoms with E-state index in [1.54, 1.807) is 6.92 Å². The van der Waals surface area contributed by atoms with Gasteiger partial charge in [0.1, 0.15) is 6.73 Å². The van der Waals surface area contributed by atoms with Gasteiger partial charge in [-0.1, -0.05) is 0 Å². The van der Waals surface area contributed by atoms with E-state index in [0.717, 1.165) is 0 Å². The minimum Gasteiger partial charge on any atom is -0.369 e. The monoisotopic (exact) mass is 402 g/mol. The summed E-state index contributed by atoms with van der Waals surface area (Å²) in [6, 6.07) is 0. The Kier molecular flexibility index (Phi) is 6.58. The third kappa shape index (κ3) is 4.72. The van der Waals surface area contributed by atoms with Crippen molar-refractivity contribution in [1.29, 1.82) is 0 Å². The summed E-state index contributed by atoms with van der Waals surface area (Å²) in [5.41, 5.74) is 5.62. The van der Waals surface area contributed by atoms with Crippen LogP contribution in [0.3, 0.4) is 0 Å². The van der Waals surface area contributed by atoms with Gasteiger partial charge in [0.05, 0.1) is 32.8 Å². The highest BCUT2D eigenvalue weighted by atomic mass is 31.2. The lowest BCUT2D eigenvalue weighted by molar-refractivity contribution is 0.0278. The molecule has 2 atom stereocenters. The van der Waals surface area contributed by atoms with Crippen LogP contribution in [0, 0.1) is 0 Å². The summed E-state index contributed by atoms with van der Waals surface area (Å²) < 4.78 is 36.2. The zero-order valence-corrected chi connectivity index (χ0v) is 15.8. The number of rotatable bonds is 9. The number of aromatic amines is 1. The van der Waals surface area contributed by atoms with Crippen LogP contribution >= 0.6 is 7.60 Å². The van der Waals surface area contributed by atoms with Crippen molar-refractivity contribution in [2.45, 2.75) is 19.5 Å². The number of fused-ring (bicyclic) bond motifs is 1. The van der Waals surface area contributed by atoms with Gasteiger partial charge in [0, 0.05) is 13.1 Å². The van der Waals surface area contributed by atoms with Crippen LogP contribution in [0.2, 0.25) is 0 Å². The van der Waals surface area contributed by atoms with E-state index in [4.69, 9.17) is 24.3 Å². The van der Waals surface area contributed by atoms with E-state index in [1.807, 2.05) is 0 Å². The van der Waals surface area contributed by atoms with E-state index in [0.29, 0.717) is 25.3 Å².